The Morgan fingerprint density at radius 2 is 2.00 bits per heavy atom. The maximum absolute atomic E-state index is 12.5. The number of nitrogens with one attached hydrogen (secondary N) is 1. The molecule has 0 spiro atoms. The molecule has 1 N–H and O–H groups in total. The van der Waals surface area contributed by atoms with E-state index in [0.29, 0.717) is 40.7 Å². The van der Waals surface area contributed by atoms with E-state index in [9.17, 15) is 9.59 Å². The number of carbonyl (C=O) groups excluding carboxylic acids is 2. The van der Waals surface area contributed by atoms with Crippen LogP contribution in [0.2, 0.25) is 0 Å². The molecule has 2 aliphatic heterocycles. The van der Waals surface area contributed by atoms with E-state index in [1.165, 1.54) is 0 Å². The number of hydrogen-bond donors (Lipinski definition) is 1. The average molecular weight is 512 g/mol. The van der Waals surface area contributed by atoms with Gasteiger partial charge in [-0.25, -0.2) is 5.01 Å². The molecule has 0 radical (unpaired) electrons. The SMILES string of the molecule is Cc1ccc(NC(=O)CN2N=C(c3nc(-c4ccc5c(c4)OCO5)no3)CCC2=O)c(Br)c1. The topological polar surface area (TPSA) is 119 Å². The van der Waals surface area contributed by atoms with Crippen LogP contribution < -0.4 is 14.8 Å². The molecule has 5 rings (SSSR count). The highest BCUT2D eigenvalue weighted by molar-refractivity contribution is 9.10. The maximum Gasteiger partial charge on any atom is 0.274 e. The summed E-state index contributed by atoms with van der Waals surface area (Å²) in [7, 11) is 0. The van der Waals surface area contributed by atoms with E-state index in [-0.39, 0.29) is 37.5 Å². The average Bonchev–Trinajstić information content (AvgIpc) is 3.46. The highest BCUT2D eigenvalue weighted by Gasteiger charge is 2.27. The van der Waals surface area contributed by atoms with Crippen molar-refractivity contribution in [3.8, 4) is 22.9 Å². The summed E-state index contributed by atoms with van der Waals surface area (Å²) >= 11 is 3.43. The number of aryl methyl sites for hydroxylation is 1. The molecule has 1 aromatic heterocycles. The number of hydrogen-bond acceptors (Lipinski definition) is 8. The van der Waals surface area contributed by atoms with Gasteiger partial charge < -0.3 is 19.3 Å². The van der Waals surface area contributed by atoms with E-state index >= 15 is 0 Å². The highest BCUT2D eigenvalue weighted by Crippen LogP contribution is 2.35. The summed E-state index contributed by atoms with van der Waals surface area (Å²) < 4.78 is 16.8. The third-order valence-electron chi connectivity index (χ3n) is 5.10. The van der Waals surface area contributed by atoms with E-state index in [2.05, 4.69) is 36.5 Å². The van der Waals surface area contributed by atoms with Gasteiger partial charge in [0.2, 0.25) is 24.4 Å². The van der Waals surface area contributed by atoms with Crippen molar-refractivity contribution in [2.75, 3.05) is 18.7 Å². The number of ether oxygens (including phenoxy) is 2. The lowest BCUT2D eigenvalue weighted by Crippen LogP contribution is -2.38. The van der Waals surface area contributed by atoms with Crippen LogP contribution in [0.5, 0.6) is 11.5 Å². The minimum absolute atomic E-state index is 0.172. The number of amides is 2. The van der Waals surface area contributed by atoms with Crippen molar-refractivity contribution in [2.45, 2.75) is 19.8 Å². The lowest BCUT2D eigenvalue weighted by atomic mass is 10.1. The number of rotatable bonds is 5. The van der Waals surface area contributed by atoms with E-state index in [1.54, 1.807) is 24.3 Å². The Labute approximate surface area is 196 Å². The van der Waals surface area contributed by atoms with Crippen LogP contribution in [0.4, 0.5) is 5.69 Å². The maximum atomic E-state index is 12.5. The zero-order chi connectivity index (χ0) is 22.9. The Morgan fingerprint density at radius 3 is 2.85 bits per heavy atom. The van der Waals surface area contributed by atoms with E-state index in [4.69, 9.17) is 14.0 Å². The Morgan fingerprint density at radius 1 is 1.15 bits per heavy atom. The molecule has 0 fully saturated rings. The first-order chi connectivity index (χ1) is 16.0. The first-order valence-electron chi connectivity index (χ1n) is 10.1. The highest BCUT2D eigenvalue weighted by atomic mass is 79.9. The molecule has 0 saturated heterocycles. The molecule has 2 amide bonds. The molecule has 0 aliphatic carbocycles. The predicted molar refractivity (Wildman–Crippen MR) is 121 cm³/mol. The summed E-state index contributed by atoms with van der Waals surface area (Å²) in [6.07, 6.45) is 0.519. The van der Waals surface area contributed by atoms with E-state index in [0.717, 1.165) is 15.0 Å². The first-order valence-corrected chi connectivity index (χ1v) is 10.9. The summed E-state index contributed by atoms with van der Waals surface area (Å²) in [5.74, 6) is 1.19. The fourth-order valence-electron chi connectivity index (χ4n) is 3.42. The zero-order valence-corrected chi connectivity index (χ0v) is 19.1. The summed E-state index contributed by atoms with van der Waals surface area (Å²) in [6, 6.07) is 10.9. The lowest BCUT2D eigenvalue weighted by Gasteiger charge is -2.21. The minimum Gasteiger partial charge on any atom is -0.454 e. The van der Waals surface area contributed by atoms with Crippen molar-refractivity contribution >= 4 is 39.1 Å². The number of halogens is 1. The summed E-state index contributed by atoms with van der Waals surface area (Å²) in [5, 5.41) is 12.2. The molecule has 2 aliphatic rings. The number of anilines is 1. The largest absolute Gasteiger partial charge is 0.454 e. The lowest BCUT2D eigenvalue weighted by molar-refractivity contribution is -0.135. The van der Waals surface area contributed by atoms with E-state index < -0.39 is 0 Å². The van der Waals surface area contributed by atoms with Crippen molar-refractivity contribution < 1.29 is 23.6 Å². The van der Waals surface area contributed by atoms with Crippen LogP contribution in [0.3, 0.4) is 0 Å². The second-order valence-electron chi connectivity index (χ2n) is 7.52. The quantitative estimate of drug-likeness (QED) is 0.556. The molecule has 0 unspecified atom stereocenters. The molecule has 3 aromatic rings. The number of nitrogens with zero attached hydrogens (tertiary/aromatic N) is 4. The number of fused-ring (bicyclic) bond motifs is 1. The molecular weight excluding hydrogens is 494 g/mol. The van der Waals surface area contributed by atoms with Crippen LogP contribution in [0, 0.1) is 6.92 Å². The van der Waals surface area contributed by atoms with Gasteiger partial charge in [0.15, 0.2) is 11.5 Å². The fraction of sp³-hybridized carbons (Fsp3) is 0.227. The molecule has 11 heteroatoms. The third kappa shape index (κ3) is 4.44. The van der Waals surface area contributed by atoms with Gasteiger partial charge in [-0.1, -0.05) is 11.2 Å². The second kappa shape index (κ2) is 8.66. The van der Waals surface area contributed by atoms with Crippen LogP contribution in [0.1, 0.15) is 24.3 Å². The Hall–Kier alpha value is -3.73. The van der Waals surface area contributed by atoms with Crippen LogP contribution in [-0.2, 0) is 9.59 Å². The van der Waals surface area contributed by atoms with Gasteiger partial charge in [-0.15, -0.1) is 0 Å². The van der Waals surface area contributed by atoms with E-state index in [1.807, 2.05) is 19.1 Å². The monoisotopic (exact) mass is 511 g/mol. The predicted octanol–water partition coefficient (Wildman–Crippen LogP) is 3.50. The standard InChI is InChI=1S/C22H18BrN5O5/c1-12-2-4-15(14(23)8-12)24-19(29)10-28-20(30)7-5-16(26-28)22-25-21(27-33-22)13-3-6-17-18(9-13)32-11-31-17/h2-4,6,8-9H,5,7,10-11H2,1H3,(H,24,29). The van der Waals surface area contributed by atoms with Crippen molar-refractivity contribution in [1.82, 2.24) is 15.1 Å². The van der Waals surface area contributed by atoms with Crippen molar-refractivity contribution in [2.24, 2.45) is 5.10 Å². The number of benzene rings is 2. The molecule has 33 heavy (non-hydrogen) atoms. The number of hydrazone groups is 1. The molecule has 0 bridgehead atoms. The van der Waals surface area contributed by atoms with Gasteiger partial charge in [0.1, 0.15) is 12.3 Å². The summed E-state index contributed by atoms with van der Waals surface area (Å²) in [5.41, 5.74) is 2.81. The summed E-state index contributed by atoms with van der Waals surface area (Å²) in [4.78, 5) is 29.3. The smallest absolute Gasteiger partial charge is 0.274 e. The zero-order valence-electron chi connectivity index (χ0n) is 17.5. The van der Waals surface area contributed by atoms with Gasteiger partial charge in [-0.3, -0.25) is 9.59 Å². The normalized spacial score (nSPS) is 14.9. The van der Waals surface area contributed by atoms with Gasteiger partial charge in [-0.05, 0) is 58.7 Å². The van der Waals surface area contributed by atoms with Gasteiger partial charge in [0.25, 0.3) is 5.89 Å². The van der Waals surface area contributed by atoms with Crippen molar-refractivity contribution in [3.05, 3.63) is 52.3 Å². The third-order valence-corrected chi connectivity index (χ3v) is 5.76. The fourth-order valence-corrected chi connectivity index (χ4v) is 4.01. The second-order valence-corrected chi connectivity index (χ2v) is 8.38. The van der Waals surface area contributed by atoms with Gasteiger partial charge in [-0.2, -0.15) is 10.1 Å². The van der Waals surface area contributed by atoms with Crippen LogP contribution in [0.25, 0.3) is 11.4 Å². The molecular formula is C22H18BrN5O5. The van der Waals surface area contributed by atoms with Crippen LogP contribution in [0.15, 0.2) is 50.5 Å². The Kier molecular flexibility index (Phi) is 5.55. The molecule has 0 saturated carbocycles. The van der Waals surface area contributed by atoms with Gasteiger partial charge in [0.05, 0.1) is 5.69 Å². The number of aromatic nitrogens is 2. The Balaban J connectivity index is 1.31. The Bertz CT molecular complexity index is 1290. The van der Waals surface area contributed by atoms with Crippen LogP contribution in [-0.4, -0.2) is 46.0 Å². The van der Waals surface area contributed by atoms with Crippen molar-refractivity contribution in [3.63, 3.8) is 0 Å². The number of carbonyl (C=O) groups is 2. The molecule has 168 valence electrons. The summed E-state index contributed by atoms with van der Waals surface area (Å²) in [6.45, 7) is 1.89. The molecule has 10 nitrogen and oxygen atoms in total. The van der Waals surface area contributed by atoms with Gasteiger partial charge in [0, 0.05) is 22.9 Å². The molecule has 0 atom stereocenters. The minimum atomic E-state index is -0.371. The van der Waals surface area contributed by atoms with Crippen molar-refractivity contribution in [1.29, 1.82) is 0 Å². The first kappa shape index (κ1) is 21.1. The van der Waals surface area contributed by atoms with Gasteiger partial charge >= 0.3 is 0 Å². The molecule has 2 aromatic carbocycles. The van der Waals surface area contributed by atoms with Crippen LogP contribution >= 0.6 is 15.9 Å². The molecule has 3 heterocycles.